The Balaban J connectivity index is 1.67. The van der Waals surface area contributed by atoms with Gasteiger partial charge in [-0.15, -0.1) is 0 Å². The molecule has 0 radical (unpaired) electrons. The summed E-state index contributed by atoms with van der Waals surface area (Å²) in [5, 5.41) is 14.1. The highest BCUT2D eigenvalue weighted by Gasteiger charge is 2.41. The molecule has 1 saturated heterocycles. The summed E-state index contributed by atoms with van der Waals surface area (Å²) < 4.78 is 11.5. The van der Waals surface area contributed by atoms with Gasteiger partial charge in [0.15, 0.2) is 0 Å². The van der Waals surface area contributed by atoms with Gasteiger partial charge in [0, 0.05) is 11.6 Å². The molecule has 4 heteroatoms. The molecule has 2 N–H and O–H groups in total. The van der Waals surface area contributed by atoms with Crippen LogP contribution < -0.4 is 10.1 Å². The lowest BCUT2D eigenvalue weighted by molar-refractivity contribution is -0.252. The maximum atomic E-state index is 10.8. The molecule has 1 aliphatic rings. The lowest BCUT2D eigenvalue weighted by Crippen LogP contribution is -2.57. The van der Waals surface area contributed by atoms with E-state index in [2.05, 4.69) is 5.32 Å². The van der Waals surface area contributed by atoms with Crippen LogP contribution in [0.4, 0.5) is 0 Å². The monoisotopic (exact) mass is 313 g/mol. The molecule has 1 aliphatic heterocycles. The molecule has 1 heterocycles. The summed E-state index contributed by atoms with van der Waals surface area (Å²) in [6.45, 7) is 4.97. The Bertz CT molecular complexity index is 629. The molecular weight excluding hydrogens is 290 g/mol. The predicted molar refractivity (Wildman–Crippen MR) is 89.1 cm³/mol. The Labute approximate surface area is 137 Å². The minimum Gasteiger partial charge on any atom is -0.489 e. The van der Waals surface area contributed by atoms with E-state index in [1.54, 1.807) is 0 Å². The Morgan fingerprint density at radius 3 is 2.48 bits per heavy atom. The zero-order valence-corrected chi connectivity index (χ0v) is 13.5. The molecule has 23 heavy (non-hydrogen) atoms. The van der Waals surface area contributed by atoms with Crippen LogP contribution in [0.5, 0.6) is 5.75 Å². The van der Waals surface area contributed by atoms with E-state index in [4.69, 9.17) is 9.47 Å². The molecule has 0 amide bonds. The standard InChI is InChI=1S/C19H23NO3/c1-14-12-23-19(21,15(2)20-14)17-8-10-18(11-9-17)22-13-16-6-4-3-5-7-16/h3-11,14-15,20-21H,12-13H2,1-2H3/t14-,15+,19-/m0/s1. The third kappa shape index (κ3) is 3.55. The van der Waals surface area contributed by atoms with E-state index < -0.39 is 5.79 Å². The normalized spacial score (nSPS) is 27.6. The van der Waals surface area contributed by atoms with Gasteiger partial charge in [0.1, 0.15) is 12.4 Å². The molecule has 0 aromatic heterocycles. The molecule has 0 saturated carbocycles. The van der Waals surface area contributed by atoms with Gasteiger partial charge in [-0.2, -0.15) is 0 Å². The first-order valence-corrected chi connectivity index (χ1v) is 7.97. The molecular formula is C19H23NO3. The summed E-state index contributed by atoms with van der Waals surface area (Å²) in [6.07, 6.45) is 0. The molecule has 122 valence electrons. The summed E-state index contributed by atoms with van der Waals surface area (Å²) in [7, 11) is 0. The second-order valence-corrected chi connectivity index (χ2v) is 6.10. The van der Waals surface area contributed by atoms with Crippen molar-refractivity contribution in [1.82, 2.24) is 5.32 Å². The van der Waals surface area contributed by atoms with E-state index in [0.29, 0.717) is 13.2 Å². The quantitative estimate of drug-likeness (QED) is 0.911. The number of hydrogen-bond donors (Lipinski definition) is 2. The van der Waals surface area contributed by atoms with Crippen LogP contribution in [0.2, 0.25) is 0 Å². The van der Waals surface area contributed by atoms with Gasteiger partial charge in [-0.25, -0.2) is 0 Å². The summed E-state index contributed by atoms with van der Waals surface area (Å²) in [5.74, 6) is -0.532. The van der Waals surface area contributed by atoms with Gasteiger partial charge in [-0.1, -0.05) is 30.3 Å². The van der Waals surface area contributed by atoms with Crippen LogP contribution in [0.3, 0.4) is 0 Å². The summed E-state index contributed by atoms with van der Waals surface area (Å²) >= 11 is 0. The van der Waals surface area contributed by atoms with E-state index in [-0.39, 0.29) is 12.1 Å². The highest BCUT2D eigenvalue weighted by molar-refractivity contribution is 5.31. The second-order valence-electron chi connectivity index (χ2n) is 6.10. The molecule has 0 unspecified atom stereocenters. The van der Waals surface area contributed by atoms with Crippen molar-refractivity contribution in [3.63, 3.8) is 0 Å². The number of morpholine rings is 1. The van der Waals surface area contributed by atoms with E-state index in [9.17, 15) is 5.11 Å². The fourth-order valence-corrected chi connectivity index (χ4v) is 2.83. The van der Waals surface area contributed by atoms with Crippen LogP contribution in [0.1, 0.15) is 25.0 Å². The van der Waals surface area contributed by atoms with Crippen LogP contribution in [0, 0.1) is 0 Å². The molecule has 1 fully saturated rings. The van der Waals surface area contributed by atoms with Gasteiger partial charge >= 0.3 is 0 Å². The molecule has 3 atom stereocenters. The summed E-state index contributed by atoms with van der Waals surface area (Å²) in [4.78, 5) is 0. The Morgan fingerprint density at radius 2 is 1.83 bits per heavy atom. The number of aliphatic hydroxyl groups is 1. The van der Waals surface area contributed by atoms with Crippen molar-refractivity contribution in [2.45, 2.75) is 38.3 Å². The van der Waals surface area contributed by atoms with Crippen molar-refractivity contribution < 1.29 is 14.6 Å². The fraction of sp³-hybridized carbons (Fsp3) is 0.368. The van der Waals surface area contributed by atoms with Crippen LogP contribution in [0.15, 0.2) is 54.6 Å². The topological polar surface area (TPSA) is 50.7 Å². The van der Waals surface area contributed by atoms with E-state index in [1.165, 1.54) is 0 Å². The van der Waals surface area contributed by atoms with Gasteiger partial charge in [-0.05, 0) is 43.7 Å². The molecule has 2 aromatic carbocycles. The van der Waals surface area contributed by atoms with Crippen molar-refractivity contribution in [1.29, 1.82) is 0 Å². The maximum absolute atomic E-state index is 10.8. The lowest BCUT2D eigenvalue weighted by Gasteiger charge is -2.41. The fourth-order valence-electron chi connectivity index (χ4n) is 2.83. The molecule has 0 spiro atoms. The van der Waals surface area contributed by atoms with Gasteiger partial charge in [-0.3, -0.25) is 0 Å². The van der Waals surface area contributed by atoms with Gasteiger partial charge in [0.25, 0.3) is 0 Å². The molecule has 2 aromatic rings. The van der Waals surface area contributed by atoms with E-state index >= 15 is 0 Å². The van der Waals surface area contributed by atoms with Crippen LogP contribution >= 0.6 is 0 Å². The average Bonchev–Trinajstić information content (AvgIpc) is 2.58. The minimum absolute atomic E-state index is 0.178. The van der Waals surface area contributed by atoms with Crippen molar-refractivity contribution >= 4 is 0 Å². The van der Waals surface area contributed by atoms with Crippen LogP contribution in [-0.4, -0.2) is 23.8 Å². The molecule has 4 nitrogen and oxygen atoms in total. The Kier molecular flexibility index (Phi) is 4.66. The largest absolute Gasteiger partial charge is 0.489 e. The Hall–Kier alpha value is -1.88. The number of nitrogens with one attached hydrogen (secondary N) is 1. The molecule has 3 rings (SSSR count). The lowest BCUT2D eigenvalue weighted by atomic mass is 9.96. The number of rotatable bonds is 4. The number of hydrogen-bond acceptors (Lipinski definition) is 4. The maximum Gasteiger partial charge on any atom is 0.208 e. The van der Waals surface area contributed by atoms with Crippen LogP contribution in [0.25, 0.3) is 0 Å². The summed E-state index contributed by atoms with van der Waals surface area (Å²) in [6, 6.07) is 17.5. The van der Waals surface area contributed by atoms with E-state index in [1.807, 2.05) is 68.4 Å². The number of ether oxygens (including phenoxy) is 2. The average molecular weight is 313 g/mol. The van der Waals surface area contributed by atoms with Crippen molar-refractivity contribution in [2.75, 3.05) is 6.61 Å². The Morgan fingerprint density at radius 1 is 1.13 bits per heavy atom. The molecule has 0 aliphatic carbocycles. The second kappa shape index (κ2) is 6.71. The third-order valence-electron chi connectivity index (χ3n) is 4.19. The third-order valence-corrected chi connectivity index (χ3v) is 4.19. The first kappa shape index (κ1) is 16.0. The van der Waals surface area contributed by atoms with Gasteiger partial charge in [0.2, 0.25) is 5.79 Å². The first-order valence-electron chi connectivity index (χ1n) is 7.97. The number of benzene rings is 2. The highest BCUT2D eigenvalue weighted by Crippen LogP contribution is 2.31. The van der Waals surface area contributed by atoms with Gasteiger partial charge in [0.05, 0.1) is 12.6 Å². The highest BCUT2D eigenvalue weighted by atomic mass is 16.6. The van der Waals surface area contributed by atoms with Gasteiger partial charge < -0.3 is 19.9 Å². The first-order chi connectivity index (χ1) is 11.1. The smallest absolute Gasteiger partial charge is 0.208 e. The minimum atomic E-state index is -1.30. The van der Waals surface area contributed by atoms with Crippen molar-refractivity contribution in [2.24, 2.45) is 0 Å². The van der Waals surface area contributed by atoms with Crippen LogP contribution in [-0.2, 0) is 17.1 Å². The zero-order chi connectivity index (χ0) is 16.3. The van der Waals surface area contributed by atoms with Crippen molar-refractivity contribution in [3.05, 3.63) is 65.7 Å². The predicted octanol–water partition coefficient (Wildman–Crippen LogP) is 2.81. The van der Waals surface area contributed by atoms with Crippen molar-refractivity contribution in [3.8, 4) is 5.75 Å². The molecule has 0 bridgehead atoms. The zero-order valence-electron chi connectivity index (χ0n) is 13.5. The SMILES string of the molecule is C[C@H]1CO[C@](O)(c2ccc(OCc3ccccc3)cc2)[C@@H](C)N1. The summed E-state index contributed by atoms with van der Waals surface area (Å²) in [5.41, 5.74) is 1.86. The van der Waals surface area contributed by atoms with E-state index in [0.717, 1.165) is 16.9 Å².